The third kappa shape index (κ3) is 10.2. The van der Waals surface area contributed by atoms with Crippen molar-refractivity contribution in [2.24, 2.45) is 41.4 Å². The number of ketones is 1. The number of carboxylic acids is 1. The fourth-order valence-electron chi connectivity index (χ4n) is 11.0. The van der Waals surface area contributed by atoms with Gasteiger partial charge in [-0.3, -0.25) is 4.79 Å². The number of aliphatic hydroxyl groups excluding tert-OH is 1. The van der Waals surface area contributed by atoms with Crippen LogP contribution in [0, 0.1) is 41.4 Å². The summed E-state index contributed by atoms with van der Waals surface area (Å²) < 4.78 is 34.3. The Balaban J connectivity index is 0.00000769. The van der Waals surface area contributed by atoms with Crippen molar-refractivity contribution in [3.63, 3.8) is 0 Å². The molecule has 5 rings (SSSR count). The summed E-state index contributed by atoms with van der Waals surface area (Å²) in [5.74, 6) is -6.35. The van der Waals surface area contributed by atoms with Crippen molar-refractivity contribution < 1.29 is 82.9 Å². The zero-order valence-corrected chi connectivity index (χ0v) is 40.1. The van der Waals surface area contributed by atoms with E-state index in [2.05, 4.69) is 31.4 Å². The van der Waals surface area contributed by atoms with Crippen LogP contribution in [0.15, 0.2) is 12.2 Å². The second-order valence-corrected chi connectivity index (χ2v) is 18.9. The largest absolute Gasteiger partial charge is 1.00 e. The van der Waals surface area contributed by atoms with E-state index in [0.29, 0.717) is 64.3 Å². The maximum absolute atomic E-state index is 14.6. The first-order valence-corrected chi connectivity index (χ1v) is 22.5. The number of carbonyl (C=O) groups is 3. The van der Waals surface area contributed by atoms with Gasteiger partial charge in [-0.1, -0.05) is 61.5 Å². The molecule has 5 aliphatic heterocycles. The van der Waals surface area contributed by atoms with Gasteiger partial charge in [-0.05, 0) is 96.5 Å². The number of rotatable bonds is 14. The molecule has 4 fully saturated rings. The van der Waals surface area contributed by atoms with Crippen LogP contribution < -0.4 is 45.3 Å². The molecule has 13 nitrogen and oxygen atoms in total. The van der Waals surface area contributed by atoms with Gasteiger partial charge in [0.1, 0.15) is 11.8 Å². The number of carboxylic acid groups (broad SMARTS) is 1. The number of aliphatic hydroxyl groups is 2. The molecule has 0 saturated carbocycles. The predicted molar refractivity (Wildman–Crippen MR) is 216 cm³/mol. The van der Waals surface area contributed by atoms with E-state index >= 15 is 0 Å². The fraction of sp³-hybridized carbons (Fsp3) is 0.889. The van der Waals surface area contributed by atoms with Crippen molar-refractivity contribution in [1.82, 2.24) is 10.6 Å². The van der Waals surface area contributed by atoms with Gasteiger partial charge in [-0.25, -0.2) is 4.79 Å². The van der Waals surface area contributed by atoms with Crippen molar-refractivity contribution in [3.8, 4) is 0 Å². The Labute approximate surface area is 375 Å². The molecule has 5 heterocycles. The number of nitrogens with one attached hydrogen (secondary N) is 2. The SMILES string of the molecule is CCNC(=O)N[C@H]1C=C[C@]2(O[C@H]([C@@H](CC)C(=O)[C@@H](C)[C@@H](O)[C@H](C)[C@@H]3O[C@@H]([C@@H](CC)C(=O)[O-])CC[C@@H]3C)[C@@H](C)C[C@H]2C)O[C@@]12CC[C@@](C)([C@H]1CC[C@](O)(CC)[C@H](C)O1)O2.[Na+]. The first-order valence-electron chi connectivity index (χ1n) is 22.5. The monoisotopic (exact) mass is 843 g/mol. The van der Waals surface area contributed by atoms with Crippen molar-refractivity contribution in [1.29, 1.82) is 0 Å². The van der Waals surface area contributed by atoms with Crippen LogP contribution in [0.25, 0.3) is 0 Å². The Morgan fingerprint density at radius 2 is 1.58 bits per heavy atom. The maximum atomic E-state index is 14.6. The summed E-state index contributed by atoms with van der Waals surface area (Å²) in [5, 5.41) is 40.7. The number of aliphatic carboxylic acids is 1. The third-order valence-electron chi connectivity index (χ3n) is 15.1. The molecule has 2 amide bonds. The van der Waals surface area contributed by atoms with Crippen LogP contribution in [0.2, 0.25) is 0 Å². The van der Waals surface area contributed by atoms with E-state index in [0.717, 1.165) is 6.42 Å². The number of hydrogen-bond acceptors (Lipinski definition) is 11. The topological polar surface area (TPSA) is 185 Å². The quantitative estimate of drug-likeness (QED) is 0.149. The molecule has 14 heteroatoms. The van der Waals surface area contributed by atoms with Crippen LogP contribution in [-0.2, 0) is 33.3 Å². The van der Waals surface area contributed by atoms with Gasteiger partial charge in [0.15, 0.2) is 11.6 Å². The van der Waals surface area contributed by atoms with Crippen molar-refractivity contribution >= 4 is 17.8 Å². The third-order valence-corrected chi connectivity index (χ3v) is 15.1. The zero-order valence-electron chi connectivity index (χ0n) is 38.1. The fourth-order valence-corrected chi connectivity index (χ4v) is 11.0. The molecule has 2 spiro atoms. The van der Waals surface area contributed by atoms with Gasteiger partial charge in [-0.15, -0.1) is 0 Å². The average molecular weight is 843 g/mol. The van der Waals surface area contributed by atoms with Gasteiger partial charge in [0.05, 0.1) is 47.8 Å². The summed E-state index contributed by atoms with van der Waals surface area (Å²) in [5.41, 5.74) is -1.69. The minimum absolute atomic E-state index is 0. The molecule has 0 aromatic heterocycles. The molecule has 4 saturated heterocycles. The van der Waals surface area contributed by atoms with Crippen molar-refractivity contribution in [2.75, 3.05) is 6.54 Å². The Hall–Kier alpha value is -1.13. The van der Waals surface area contributed by atoms with Gasteiger partial charge < -0.3 is 54.4 Å². The van der Waals surface area contributed by atoms with Gasteiger partial charge in [0.2, 0.25) is 0 Å². The molecule has 0 radical (unpaired) electrons. The predicted octanol–water partition coefficient (Wildman–Crippen LogP) is 2.18. The molecule has 59 heavy (non-hydrogen) atoms. The first-order chi connectivity index (χ1) is 27.2. The molecular weight excluding hydrogens is 767 g/mol. The van der Waals surface area contributed by atoms with Crippen molar-refractivity contribution in [2.45, 2.75) is 206 Å². The van der Waals surface area contributed by atoms with Gasteiger partial charge >= 0.3 is 35.6 Å². The Morgan fingerprint density at radius 3 is 2.17 bits per heavy atom. The van der Waals surface area contributed by atoms with E-state index in [-0.39, 0.29) is 71.3 Å². The molecule has 5 aliphatic rings. The summed E-state index contributed by atoms with van der Waals surface area (Å²) >= 11 is 0. The number of Topliss-reactive ketones (excluding diaryl/α,β-unsaturated/α-hetero) is 1. The average Bonchev–Trinajstić information content (AvgIpc) is 3.52. The molecule has 0 aliphatic carbocycles. The zero-order chi connectivity index (χ0) is 43.0. The van der Waals surface area contributed by atoms with E-state index in [4.69, 9.17) is 23.7 Å². The van der Waals surface area contributed by atoms with Crippen LogP contribution in [-0.4, -0.2) is 100.0 Å². The van der Waals surface area contributed by atoms with Crippen LogP contribution in [0.4, 0.5) is 4.79 Å². The molecular formula is C45H75N2NaO11. The summed E-state index contributed by atoms with van der Waals surface area (Å²) in [6.07, 6.45) is 6.36. The molecule has 0 unspecified atom stereocenters. The van der Waals surface area contributed by atoms with E-state index in [1.165, 1.54) is 0 Å². The van der Waals surface area contributed by atoms with Gasteiger partial charge in [0, 0.05) is 48.5 Å². The van der Waals surface area contributed by atoms with Crippen molar-refractivity contribution in [3.05, 3.63) is 12.2 Å². The van der Waals surface area contributed by atoms with Gasteiger partial charge in [-0.2, -0.15) is 0 Å². The molecule has 0 aromatic rings. The number of hydrogen-bond donors (Lipinski definition) is 4. The van der Waals surface area contributed by atoms with Crippen LogP contribution in [0.5, 0.6) is 0 Å². The minimum atomic E-state index is -1.31. The second-order valence-electron chi connectivity index (χ2n) is 18.9. The normalized spacial score (nSPS) is 42.3. The molecule has 4 N–H and O–H groups in total. The summed E-state index contributed by atoms with van der Waals surface area (Å²) in [6.45, 7) is 21.9. The number of urea groups is 1. The Kier molecular flexibility index (Phi) is 17.2. The maximum Gasteiger partial charge on any atom is 1.00 e. The van der Waals surface area contributed by atoms with E-state index in [9.17, 15) is 29.7 Å². The van der Waals surface area contributed by atoms with E-state index < -0.39 is 82.9 Å². The van der Waals surface area contributed by atoms with E-state index in [1.54, 1.807) is 6.92 Å². The van der Waals surface area contributed by atoms with Crippen LogP contribution in [0.1, 0.15) is 140 Å². The molecule has 18 atom stereocenters. The molecule has 332 valence electrons. The second kappa shape index (κ2) is 20.1. The number of ether oxygens (including phenoxy) is 5. The summed E-state index contributed by atoms with van der Waals surface area (Å²) in [6, 6.07) is -1.00. The standard InChI is InChI=1S/C45H76N2O11.Na/c1-12-31(40(50)51)33-17-16-25(5)38(55-33)29(9)36(48)28(8)37(49)32(13-2)39-26(6)24-27(7)44(56-39)21-18-34(47-41(52)46-15-4)45(58-44)23-22-42(11,57-45)35-19-20-43(53,14-3)30(10)54-35;/h18,21,25-36,38-39,48,53H,12-17,19-20,22-24H2,1-11H3,(H,50,51)(H2,46,47,52);/q;+1/p-1/t25-,26-,27+,28-,29-,30-,31+,32-,33+,34-,35+,36+,38+,39-,42-,43+,44-,45-;/m0./s1. The van der Waals surface area contributed by atoms with Gasteiger partial charge in [0.25, 0.3) is 0 Å². The van der Waals surface area contributed by atoms with Crippen LogP contribution in [0.3, 0.4) is 0 Å². The summed E-state index contributed by atoms with van der Waals surface area (Å²) in [7, 11) is 0. The Bertz CT molecular complexity index is 1490. The Morgan fingerprint density at radius 1 is 0.898 bits per heavy atom. The number of amides is 2. The minimum Gasteiger partial charge on any atom is -0.550 e. The summed E-state index contributed by atoms with van der Waals surface area (Å²) in [4.78, 5) is 39.5. The number of carbonyl (C=O) groups excluding carboxylic acids is 3. The molecule has 0 aromatic carbocycles. The first kappa shape index (κ1) is 50.5. The molecule has 0 bridgehead atoms. The van der Waals surface area contributed by atoms with E-state index in [1.807, 2.05) is 60.6 Å². The van der Waals surface area contributed by atoms with Crippen LogP contribution >= 0.6 is 0 Å². The smallest absolute Gasteiger partial charge is 0.550 e.